The first kappa shape index (κ1) is 9.65. The summed E-state index contributed by atoms with van der Waals surface area (Å²) in [6.07, 6.45) is 0.582. The molecule has 1 atom stereocenters. The van der Waals surface area contributed by atoms with Crippen LogP contribution in [0.5, 0.6) is 0 Å². The van der Waals surface area contributed by atoms with Gasteiger partial charge in [-0.3, -0.25) is 0 Å². The third-order valence-corrected chi connectivity index (χ3v) is 4.47. The van der Waals surface area contributed by atoms with Gasteiger partial charge in [-0.15, -0.1) is 0 Å². The second-order valence-electron chi connectivity index (χ2n) is 3.69. The lowest BCUT2D eigenvalue weighted by Gasteiger charge is -2.21. The normalized spacial score (nSPS) is 24.3. The van der Waals surface area contributed by atoms with Gasteiger partial charge in [0.2, 0.25) is 0 Å². The first-order chi connectivity index (χ1) is 6.50. The minimum Gasteiger partial charge on any atom is -0.224 e. The van der Waals surface area contributed by atoms with E-state index in [-0.39, 0.29) is 17.5 Å². The molecule has 4 heteroatoms. The standard InChI is InChI=1S/C10H11FO2S/c1-7-4-5-14(12,13)10-3-2-8(11)6-9(7)10/h2-3,6-7H,4-5H2,1H3. The van der Waals surface area contributed by atoms with Gasteiger partial charge in [0.05, 0.1) is 10.6 Å². The van der Waals surface area contributed by atoms with Crippen LogP contribution in [0.4, 0.5) is 4.39 Å². The fraction of sp³-hybridized carbons (Fsp3) is 0.400. The molecule has 2 nitrogen and oxygen atoms in total. The number of halogens is 1. The van der Waals surface area contributed by atoms with Crippen molar-refractivity contribution in [2.45, 2.75) is 24.2 Å². The van der Waals surface area contributed by atoms with Crippen LogP contribution in [-0.2, 0) is 9.84 Å². The van der Waals surface area contributed by atoms with Crippen LogP contribution in [-0.4, -0.2) is 14.2 Å². The summed E-state index contributed by atoms with van der Waals surface area (Å²) >= 11 is 0. The quantitative estimate of drug-likeness (QED) is 0.620. The Hall–Kier alpha value is -0.900. The zero-order valence-electron chi connectivity index (χ0n) is 7.83. The molecule has 0 N–H and O–H groups in total. The maximum atomic E-state index is 12.9. The van der Waals surface area contributed by atoms with E-state index < -0.39 is 9.84 Å². The molecular weight excluding hydrogens is 203 g/mol. The molecule has 0 saturated heterocycles. The molecule has 0 radical (unpaired) electrons. The molecule has 0 fully saturated rings. The number of hydrogen-bond acceptors (Lipinski definition) is 2. The average Bonchev–Trinajstić information content (AvgIpc) is 2.12. The van der Waals surface area contributed by atoms with Crippen molar-refractivity contribution in [3.63, 3.8) is 0 Å². The van der Waals surface area contributed by atoms with Gasteiger partial charge in [-0.25, -0.2) is 12.8 Å². The fourth-order valence-electron chi connectivity index (χ4n) is 1.79. The summed E-state index contributed by atoms with van der Waals surface area (Å²) in [6.45, 7) is 1.92. The largest absolute Gasteiger partial charge is 0.224 e. The zero-order chi connectivity index (χ0) is 10.3. The van der Waals surface area contributed by atoms with Gasteiger partial charge in [0.25, 0.3) is 0 Å². The van der Waals surface area contributed by atoms with Crippen LogP contribution in [0.15, 0.2) is 23.1 Å². The monoisotopic (exact) mass is 214 g/mol. The van der Waals surface area contributed by atoms with E-state index in [0.29, 0.717) is 16.9 Å². The van der Waals surface area contributed by atoms with Gasteiger partial charge in [0.15, 0.2) is 9.84 Å². The second-order valence-corrected chi connectivity index (χ2v) is 5.77. The highest BCUT2D eigenvalue weighted by Gasteiger charge is 2.27. The van der Waals surface area contributed by atoms with E-state index >= 15 is 0 Å². The van der Waals surface area contributed by atoms with E-state index in [2.05, 4.69) is 0 Å². The lowest BCUT2D eigenvalue weighted by molar-refractivity contribution is 0.568. The predicted molar refractivity (Wildman–Crippen MR) is 51.5 cm³/mol. The molecule has 1 unspecified atom stereocenters. The Morgan fingerprint density at radius 1 is 1.43 bits per heavy atom. The van der Waals surface area contributed by atoms with E-state index in [1.807, 2.05) is 6.92 Å². The summed E-state index contributed by atoms with van der Waals surface area (Å²) in [7, 11) is -3.16. The molecule has 0 bridgehead atoms. The Kier molecular flexibility index (Phi) is 2.10. The number of benzene rings is 1. The van der Waals surface area contributed by atoms with Crippen LogP contribution in [0.25, 0.3) is 0 Å². The molecule has 14 heavy (non-hydrogen) atoms. The highest BCUT2D eigenvalue weighted by atomic mass is 32.2. The first-order valence-corrected chi connectivity index (χ1v) is 6.18. The topological polar surface area (TPSA) is 34.1 Å². The van der Waals surface area contributed by atoms with Crippen molar-refractivity contribution in [1.29, 1.82) is 0 Å². The van der Waals surface area contributed by atoms with E-state index in [0.717, 1.165) is 0 Å². The lowest BCUT2D eigenvalue weighted by atomic mass is 9.98. The van der Waals surface area contributed by atoms with Crippen LogP contribution in [0.1, 0.15) is 24.8 Å². The van der Waals surface area contributed by atoms with Crippen LogP contribution in [0, 0.1) is 5.82 Å². The molecule has 1 heterocycles. The summed E-state index contributed by atoms with van der Waals surface area (Å²) < 4.78 is 36.1. The average molecular weight is 214 g/mol. The molecule has 1 aliphatic heterocycles. The van der Waals surface area contributed by atoms with Crippen molar-refractivity contribution in [2.24, 2.45) is 0 Å². The van der Waals surface area contributed by atoms with Gasteiger partial charge in [0.1, 0.15) is 5.82 Å². The molecular formula is C10H11FO2S. The summed E-state index contributed by atoms with van der Waals surface area (Å²) in [6, 6.07) is 3.90. The molecule has 0 saturated carbocycles. The Balaban J connectivity index is 2.69. The minimum atomic E-state index is -3.16. The highest BCUT2D eigenvalue weighted by Crippen LogP contribution is 2.33. The van der Waals surface area contributed by atoms with Gasteiger partial charge in [-0.1, -0.05) is 6.92 Å². The Morgan fingerprint density at radius 3 is 2.86 bits per heavy atom. The van der Waals surface area contributed by atoms with E-state index in [1.165, 1.54) is 18.2 Å². The predicted octanol–water partition coefficient (Wildman–Crippen LogP) is 2.11. The minimum absolute atomic E-state index is 0.129. The van der Waals surface area contributed by atoms with E-state index in [1.54, 1.807) is 0 Å². The van der Waals surface area contributed by atoms with E-state index in [9.17, 15) is 12.8 Å². The van der Waals surface area contributed by atoms with Crippen molar-refractivity contribution < 1.29 is 12.8 Å². The van der Waals surface area contributed by atoms with Gasteiger partial charge >= 0.3 is 0 Å². The molecule has 1 aliphatic rings. The molecule has 0 aliphatic carbocycles. The Bertz CT molecular complexity index is 465. The number of sulfone groups is 1. The fourth-order valence-corrected chi connectivity index (χ4v) is 3.56. The van der Waals surface area contributed by atoms with Gasteiger partial charge in [-0.2, -0.15) is 0 Å². The molecule has 1 aromatic carbocycles. The van der Waals surface area contributed by atoms with Gasteiger partial charge in [0, 0.05) is 0 Å². The highest BCUT2D eigenvalue weighted by molar-refractivity contribution is 7.91. The zero-order valence-corrected chi connectivity index (χ0v) is 8.64. The van der Waals surface area contributed by atoms with Crippen molar-refractivity contribution in [1.82, 2.24) is 0 Å². The number of hydrogen-bond donors (Lipinski definition) is 0. The van der Waals surface area contributed by atoms with Crippen LogP contribution in [0.3, 0.4) is 0 Å². The summed E-state index contributed by atoms with van der Waals surface area (Å²) in [5.41, 5.74) is 0.622. The van der Waals surface area contributed by atoms with Crippen molar-refractivity contribution >= 4 is 9.84 Å². The Labute approximate surface area is 82.7 Å². The first-order valence-electron chi connectivity index (χ1n) is 4.53. The van der Waals surface area contributed by atoms with Crippen LogP contribution in [0.2, 0.25) is 0 Å². The van der Waals surface area contributed by atoms with Crippen molar-refractivity contribution in [3.8, 4) is 0 Å². The van der Waals surface area contributed by atoms with Gasteiger partial charge in [-0.05, 0) is 36.1 Å². The maximum absolute atomic E-state index is 12.9. The van der Waals surface area contributed by atoms with E-state index in [4.69, 9.17) is 0 Å². The third kappa shape index (κ3) is 1.43. The molecule has 0 amide bonds. The number of rotatable bonds is 0. The van der Waals surface area contributed by atoms with Gasteiger partial charge < -0.3 is 0 Å². The molecule has 76 valence electrons. The van der Waals surface area contributed by atoms with Crippen molar-refractivity contribution in [2.75, 3.05) is 5.75 Å². The van der Waals surface area contributed by atoms with Crippen LogP contribution < -0.4 is 0 Å². The summed E-state index contributed by atoms with van der Waals surface area (Å²) in [4.78, 5) is 0.303. The molecule has 2 rings (SSSR count). The summed E-state index contributed by atoms with van der Waals surface area (Å²) in [5.74, 6) is -0.0655. The third-order valence-electron chi connectivity index (χ3n) is 2.66. The number of fused-ring (bicyclic) bond motifs is 1. The maximum Gasteiger partial charge on any atom is 0.178 e. The summed E-state index contributed by atoms with van der Waals surface area (Å²) in [5, 5.41) is 0. The Morgan fingerprint density at radius 2 is 2.14 bits per heavy atom. The van der Waals surface area contributed by atoms with Crippen LogP contribution >= 0.6 is 0 Å². The molecule has 1 aromatic rings. The molecule has 0 spiro atoms. The molecule has 0 aromatic heterocycles. The SMILES string of the molecule is CC1CCS(=O)(=O)c2ccc(F)cc21. The lowest BCUT2D eigenvalue weighted by Crippen LogP contribution is -2.18. The second kappa shape index (κ2) is 3.05. The van der Waals surface area contributed by atoms with Crippen molar-refractivity contribution in [3.05, 3.63) is 29.6 Å². The smallest absolute Gasteiger partial charge is 0.178 e.